The summed E-state index contributed by atoms with van der Waals surface area (Å²) in [6.45, 7) is 0. The number of halogens is 4. The predicted molar refractivity (Wildman–Crippen MR) is 100 cm³/mol. The van der Waals surface area contributed by atoms with Crippen LogP contribution in [0.25, 0.3) is 0 Å². The fourth-order valence-corrected chi connectivity index (χ4v) is 3.27. The molecule has 0 bridgehead atoms. The van der Waals surface area contributed by atoms with E-state index in [1.807, 2.05) is 0 Å². The summed E-state index contributed by atoms with van der Waals surface area (Å²) in [5.74, 6) is 5.75. The SMILES string of the molecule is COc1ccc([C@H]2Nc3ccc(Cl)cc3[C@@](C#CC3CC3)(C(F)(F)F)O2)cc1. The quantitative estimate of drug-likeness (QED) is 0.651. The maximum atomic E-state index is 14.4. The molecule has 7 heteroatoms. The van der Waals surface area contributed by atoms with Gasteiger partial charge >= 0.3 is 6.18 Å². The van der Waals surface area contributed by atoms with Crippen molar-refractivity contribution in [2.24, 2.45) is 5.92 Å². The van der Waals surface area contributed by atoms with Gasteiger partial charge in [-0.25, -0.2) is 0 Å². The van der Waals surface area contributed by atoms with Crippen molar-refractivity contribution >= 4 is 17.3 Å². The summed E-state index contributed by atoms with van der Waals surface area (Å²) in [4.78, 5) is 0. The first kappa shape index (κ1) is 19.0. The second kappa shape index (κ2) is 6.91. The van der Waals surface area contributed by atoms with Crippen molar-refractivity contribution in [3.63, 3.8) is 0 Å². The van der Waals surface area contributed by atoms with Gasteiger partial charge in [0.25, 0.3) is 5.60 Å². The smallest absolute Gasteiger partial charge is 0.433 e. The number of ether oxygens (including phenoxy) is 2. The van der Waals surface area contributed by atoms with Crippen LogP contribution in [0.5, 0.6) is 5.75 Å². The highest BCUT2D eigenvalue weighted by Gasteiger charge is 2.61. The van der Waals surface area contributed by atoms with Gasteiger partial charge in [0.2, 0.25) is 0 Å². The molecule has 1 heterocycles. The van der Waals surface area contributed by atoms with Gasteiger partial charge in [0.1, 0.15) is 5.75 Å². The van der Waals surface area contributed by atoms with Crippen molar-refractivity contribution < 1.29 is 22.6 Å². The Balaban J connectivity index is 1.84. The zero-order valence-electron chi connectivity index (χ0n) is 14.9. The standard InChI is InChI=1S/C21H17ClF3NO2/c1-27-16-7-4-14(5-8-16)19-26-18-9-6-15(22)12-17(18)20(28-19,21(23,24)25)11-10-13-2-3-13/h4-9,12-13,19,26H,2-3H2,1H3/t19-,20-/m0/s1. The van der Waals surface area contributed by atoms with Crippen LogP contribution in [0, 0.1) is 17.8 Å². The van der Waals surface area contributed by atoms with E-state index in [9.17, 15) is 13.2 Å². The number of anilines is 1. The van der Waals surface area contributed by atoms with Crippen LogP contribution in [0.1, 0.15) is 30.2 Å². The topological polar surface area (TPSA) is 30.5 Å². The van der Waals surface area contributed by atoms with Gasteiger partial charge in [-0.2, -0.15) is 13.2 Å². The fourth-order valence-electron chi connectivity index (χ4n) is 3.09. The second-order valence-corrected chi connectivity index (χ2v) is 7.26. The molecule has 0 radical (unpaired) electrons. The Hall–Kier alpha value is -2.36. The molecule has 0 saturated heterocycles. The lowest BCUT2D eigenvalue weighted by Crippen LogP contribution is -2.48. The first-order valence-corrected chi connectivity index (χ1v) is 9.18. The van der Waals surface area contributed by atoms with Crippen LogP contribution in [0.3, 0.4) is 0 Å². The van der Waals surface area contributed by atoms with Crippen molar-refractivity contribution in [2.75, 3.05) is 12.4 Å². The first-order valence-electron chi connectivity index (χ1n) is 8.80. The molecule has 2 aliphatic rings. The van der Waals surface area contributed by atoms with Crippen LogP contribution in [0.15, 0.2) is 42.5 Å². The largest absolute Gasteiger partial charge is 0.497 e. The number of rotatable bonds is 2. The summed E-state index contributed by atoms with van der Waals surface area (Å²) in [5.41, 5.74) is -2.06. The van der Waals surface area contributed by atoms with Crippen molar-refractivity contribution in [1.29, 1.82) is 0 Å². The Kier molecular flexibility index (Phi) is 4.68. The van der Waals surface area contributed by atoms with E-state index >= 15 is 0 Å². The average molecular weight is 408 g/mol. The molecule has 0 aromatic heterocycles. The van der Waals surface area contributed by atoms with E-state index in [1.54, 1.807) is 30.3 Å². The summed E-state index contributed by atoms with van der Waals surface area (Å²) >= 11 is 6.00. The maximum Gasteiger partial charge on any atom is 0.433 e. The average Bonchev–Trinajstić information content (AvgIpc) is 3.50. The Labute approximate surface area is 165 Å². The molecule has 1 fully saturated rings. The van der Waals surface area contributed by atoms with Crippen molar-refractivity contribution in [2.45, 2.75) is 30.8 Å². The van der Waals surface area contributed by atoms with Gasteiger partial charge in [0.15, 0.2) is 6.23 Å². The Morgan fingerprint density at radius 1 is 1.18 bits per heavy atom. The van der Waals surface area contributed by atoms with E-state index in [1.165, 1.54) is 19.2 Å². The third-order valence-electron chi connectivity index (χ3n) is 4.79. The number of fused-ring (bicyclic) bond motifs is 1. The lowest BCUT2D eigenvalue weighted by atomic mass is 9.89. The molecule has 1 aliphatic heterocycles. The van der Waals surface area contributed by atoms with Gasteiger partial charge in [0, 0.05) is 27.8 Å². The second-order valence-electron chi connectivity index (χ2n) is 6.83. The summed E-state index contributed by atoms with van der Waals surface area (Å²) < 4.78 is 53.9. The van der Waals surface area contributed by atoms with Gasteiger partial charge in [-0.3, -0.25) is 0 Å². The normalized spacial score (nSPS) is 23.8. The van der Waals surface area contributed by atoms with Crippen LogP contribution in [0.2, 0.25) is 5.02 Å². The fraction of sp³-hybridized carbons (Fsp3) is 0.333. The highest BCUT2D eigenvalue weighted by molar-refractivity contribution is 6.30. The van der Waals surface area contributed by atoms with Crippen molar-refractivity contribution in [3.8, 4) is 17.6 Å². The number of methoxy groups -OCH3 is 1. The molecule has 2 aromatic rings. The Bertz CT molecular complexity index is 945. The predicted octanol–water partition coefficient (Wildman–Crippen LogP) is 5.66. The van der Waals surface area contributed by atoms with Crippen molar-refractivity contribution in [3.05, 3.63) is 58.6 Å². The molecule has 2 atom stereocenters. The van der Waals surface area contributed by atoms with Crippen LogP contribution in [-0.4, -0.2) is 13.3 Å². The third-order valence-corrected chi connectivity index (χ3v) is 5.02. The molecule has 1 aliphatic carbocycles. The Morgan fingerprint density at radius 3 is 2.50 bits per heavy atom. The van der Waals surface area contributed by atoms with Crippen LogP contribution < -0.4 is 10.1 Å². The first-order chi connectivity index (χ1) is 13.3. The van der Waals surface area contributed by atoms with Gasteiger partial charge in [0.05, 0.1) is 7.11 Å². The number of nitrogens with one attached hydrogen (secondary N) is 1. The van der Waals surface area contributed by atoms with E-state index in [2.05, 4.69) is 17.2 Å². The molecule has 0 unspecified atom stereocenters. The zero-order chi connectivity index (χ0) is 19.9. The van der Waals surface area contributed by atoms with Crippen LogP contribution >= 0.6 is 11.6 Å². The molecular weight excluding hydrogens is 391 g/mol. The van der Waals surface area contributed by atoms with Gasteiger partial charge < -0.3 is 14.8 Å². The summed E-state index contributed by atoms with van der Waals surface area (Å²) in [5, 5.41) is 3.21. The minimum Gasteiger partial charge on any atom is -0.497 e. The number of alkyl halides is 3. The van der Waals surface area contributed by atoms with E-state index < -0.39 is 18.0 Å². The summed E-state index contributed by atoms with van der Waals surface area (Å²) in [7, 11) is 1.52. The van der Waals surface area contributed by atoms with E-state index in [4.69, 9.17) is 21.1 Å². The molecule has 0 amide bonds. The monoisotopic (exact) mass is 407 g/mol. The van der Waals surface area contributed by atoms with Gasteiger partial charge in [-0.1, -0.05) is 35.6 Å². The molecule has 3 nitrogen and oxygen atoms in total. The highest BCUT2D eigenvalue weighted by Crippen LogP contribution is 2.51. The number of benzene rings is 2. The van der Waals surface area contributed by atoms with E-state index in [0.717, 1.165) is 12.8 Å². The van der Waals surface area contributed by atoms with Gasteiger partial charge in [-0.15, -0.1) is 0 Å². The molecule has 146 valence electrons. The molecule has 1 N–H and O–H groups in total. The molecule has 0 spiro atoms. The van der Waals surface area contributed by atoms with Crippen molar-refractivity contribution in [1.82, 2.24) is 0 Å². The minimum absolute atomic E-state index is 0.0141. The van der Waals surface area contributed by atoms with E-state index in [0.29, 0.717) is 17.0 Å². The molecule has 4 rings (SSSR count). The third kappa shape index (κ3) is 3.41. The maximum absolute atomic E-state index is 14.4. The minimum atomic E-state index is -4.75. The summed E-state index contributed by atoms with van der Waals surface area (Å²) in [6, 6.07) is 11.0. The molecule has 2 aromatic carbocycles. The molecule has 28 heavy (non-hydrogen) atoms. The van der Waals surface area contributed by atoms with Crippen LogP contribution in [0.4, 0.5) is 18.9 Å². The van der Waals surface area contributed by atoms with Crippen LogP contribution in [-0.2, 0) is 10.3 Å². The molecular formula is C21H17ClF3NO2. The van der Waals surface area contributed by atoms with E-state index in [-0.39, 0.29) is 16.5 Å². The number of hydrogen-bond acceptors (Lipinski definition) is 3. The summed E-state index contributed by atoms with van der Waals surface area (Å²) in [6.07, 6.45) is -4.16. The molecule has 1 saturated carbocycles. The Morgan fingerprint density at radius 2 is 1.89 bits per heavy atom. The lowest BCUT2D eigenvalue weighted by molar-refractivity contribution is -0.273. The van der Waals surface area contributed by atoms with Gasteiger partial charge in [-0.05, 0) is 43.2 Å². The lowest BCUT2D eigenvalue weighted by Gasteiger charge is -2.41. The highest BCUT2D eigenvalue weighted by atomic mass is 35.5. The zero-order valence-corrected chi connectivity index (χ0v) is 15.7. The number of hydrogen-bond donors (Lipinski definition) is 1.